The molecule has 0 aliphatic carbocycles. The molecule has 0 saturated heterocycles. The van der Waals surface area contributed by atoms with Crippen LogP contribution in [0.2, 0.25) is 0 Å². The fraction of sp³-hybridized carbons (Fsp3) is 0.167. The molecule has 1 heterocycles. The van der Waals surface area contributed by atoms with Gasteiger partial charge < -0.3 is 4.42 Å². The molecule has 3 N–H and O–H groups in total. The predicted octanol–water partition coefficient (Wildman–Crippen LogP) is 3.61. The third-order valence-corrected chi connectivity index (χ3v) is 3.34. The van der Waals surface area contributed by atoms with Crippen LogP contribution < -0.4 is 11.3 Å². The van der Waals surface area contributed by atoms with Gasteiger partial charge in [0.2, 0.25) is 0 Å². The molecule has 3 nitrogen and oxygen atoms in total. The maximum absolute atomic E-state index is 12.5. The summed E-state index contributed by atoms with van der Waals surface area (Å²) in [5.74, 6) is 5.45. The Morgan fingerprint density at radius 1 is 1.16 bits per heavy atom. The molecule has 1 unspecified atom stereocenters. The van der Waals surface area contributed by atoms with Crippen LogP contribution in [0.15, 0.2) is 45.7 Å². The molecule has 0 bridgehead atoms. The van der Waals surface area contributed by atoms with E-state index in [4.69, 9.17) is 10.3 Å². The molecule has 0 radical (unpaired) electrons. The van der Waals surface area contributed by atoms with Gasteiger partial charge in [-0.25, -0.2) is 5.43 Å². The minimum absolute atomic E-state index is 0.449. The molecule has 102 valence electrons. The van der Waals surface area contributed by atoms with Crippen LogP contribution in [0, 0.1) is 0 Å². The number of furan rings is 1. The monoisotopic (exact) mass is 334 g/mol. The van der Waals surface area contributed by atoms with Gasteiger partial charge in [-0.1, -0.05) is 12.1 Å². The molecule has 1 aromatic carbocycles. The van der Waals surface area contributed by atoms with Gasteiger partial charge in [0.1, 0.15) is 0 Å². The van der Waals surface area contributed by atoms with E-state index in [0.29, 0.717) is 15.8 Å². The van der Waals surface area contributed by atoms with Gasteiger partial charge >= 0.3 is 6.18 Å². The van der Waals surface area contributed by atoms with Crippen LogP contribution in [0.4, 0.5) is 13.2 Å². The van der Waals surface area contributed by atoms with E-state index in [1.807, 2.05) is 0 Å². The maximum atomic E-state index is 12.5. The van der Waals surface area contributed by atoms with E-state index < -0.39 is 17.8 Å². The second-order valence-corrected chi connectivity index (χ2v) is 4.59. The van der Waals surface area contributed by atoms with Crippen LogP contribution in [0.25, 0.3) is 0 Å². The summed E-state index contributed by atoms with van der Waals surface area (Å²) in [6.45, 7) is 0. The van der Waals surface area contributed by atoms with E-state index in [1.165, 1.54) is 18.4 Å². The summed E-state index contributed by atoms with van der Waals surface area (Å²) in [6, 6.07) is 6.04. The van der Waals surface area contributed by atoms with Crippen LogP contribution in [0.3, 0.4) is 0 Å². The summed E-state index contributed by atoms with van der Waals surface area (Å²) in [5.41, 5.74) is 3.17. The molecule has 7 heteroatoms. The van der Waals surface area contributed by atoms with Crippen molar-refractivity contribution in [2.45, 2.75) is 12.2 Å². The van der Waals surface area contributed by atoms with Crippen molar-refractivity contribution >= 4 is 15.9 Å². The van der Waals surface area contributed by atoms with Crippen LogP contribution in [-0.2, 0) is 6.18 Å². The van der Waals surface area contributed by atoms with Gasteiger partial charge in [0.05, 0.1) is 17.9 Å². The maximum Gasteiger partial charge on any atom is 0.416 e. The summed E-state index contributed by atoms with van der Waals surface area (Å²) < 4.78 is 43.0. The summed E-state index contributed by atoms with van der Waals surface area (Å²) in [6.07, 6.45) is -2.88. The highest BCUT2D eigenvalue weighted by Crippen LogP contribution is 2.32. The molecule has 19 heavy (non-hydrogen) atoms. The van der Waals surface area contributed by atoms with E-state index in [-0.39, 0.29) is 0 Å². The minimum Gasteiger partial charge on any atom is -0.457 e. The molecule has 0 spiro atoms. The number of nitrogens with one attached hydrogen (secondary N) is 1. The molecular weight excluding hydrogens is 325 g/mol. The fourth-order valence-corrected chi connectivity index (χ4v) is 2.21. The molecular formula is C12H10BrF3N2O. The fourth-order valence-electron chi connectivity index (χ4n) is 1.74. The van der Waals surface area contributed by atoms with Gasteiger partial charge in [-0.05, 0) is 39.7 Å². The molecule has 0 fully saturated rings. The first-order valence-electron chi connectivity index (χ1n) is 5.29. The largest absolute Gasteiger partial charge is 0.457 e. The Morgan fingerprint density at radius 2 is 1.79 bits per heavy atom. The zero-order chi connectivity index (χ0) is 14.0. The van der Waals surface area contributed by atoms with Crippen molar-refractivity contribution in [2.75, 3.05) is 0 Å². The van der Waals surface area contributed by atoms with E-state index in [2.05, 4.69) is 21.4 Å². The lowest BCUT2D eigenvalue weighted by Crippen LogP contribution is -2.28. The van der Waals surface area contributed by atoms with Gasteiger partial charge in [0.25, 0.3) is 0 Å². The second kappa shape index (κ2) is 5.36. The van der Waals surface area contributed by atoms with E-state index >= 15 is 0 Å². The number of hydrogen-bond acceptors (Lipinski definition) is 3. The lowest BCUT2D eigenvalue weighted by molar-refractivity contribution is -0.137. The van der Waals surface area contributed by atoms with Gasteiger partial charge in [-0.2, -0.15) is 13.2 Å². The Labute approximate surface area is 115 Å². The van der Waals surface area contributed by atoms with E-state index in [0.717, 1.165) is 12.1 Å². The Bertz CT molecular complexity index is 551. The zero-order valence-electron chi connectivity index (χ0n) is 9.54. The highest BCUT2D eigenvalue weighted by Gasteiger charge is 2.30. The smallest absolute Gasteiger partial charge is 0.416 e. The molecule has 0 amide bonds. The first-order chi connectivity index (χ1) is 8.93. The number of hydrazine groups is 1. The lowest BCUT2D eigenvalue weighted by atomic mass is 10.0. The number of nitrogens with two attached hydrogens (primary N) is 1. The third-order valence-electron chi connectivity index (χ3n) is 2.70. The lowest BCUT2D eigenvalue weighted by Gasteiger charge is -2.16. The Balaban J connectivity index is 2.33. The van der Waals surface area contributed by atoms with E-state index in [1.54, 1.807) is 6.07 Å². The second-order valence-electron chi connectivity index (χ2n) is 3.87. The average molecular weight is 335 g/mol. The summed E-state index contributed by atoms with van der Waals surface area (Å²) in [7, 11) is 0. The van der Waals surface area contributed by atoms with Crippen LogP contribution in [0.5, 0.6) is 0 Å². The topological polar surface area (TPSA) is 51.2 Å². The van der Waals surface area contributed by atoms with Crippen molar-refractivity contribution in [3.05, 3.63) is 58.0 Å². The molecule has 0 aliphatic heterocycles. The van der Waals surface area contributed by atoms with E-state index in [9.17, 15) is 13.2 Å². The molecule has 1 aromatic heterocycles. The summed E-state index contributed by atoms with van der Waals surface area (Å²) in [5, 5.41) is 0. The van der Waals surface area contributed by atoms with Gasteiger partial charge in [-0.15, -0.1) is 0 Å². The van der Waals surface area contributed by atoms with Crippen molar-refractivity contribution in [1.82, 2.24) is 5.43 Å². The van der Waals surface area contributed by atoms with Gasteiger partial charge in [-0.3, -0.25) is 5.84 Å². The average Bonchev–Trinajstić information content (AvgIpc) is 2.76. The van der Waals surface area contributed by atoms with Crippen molar-refractivity contribution in [1.29, 1.82) is 0 Å². The minimum atomic E-state index is -4.35. The normalized spacial score (nSPS) is 13.5. The SMILES string of the molecule is NNC(c1ccc(C(F)(F)F)cc1)c1ccoc1Br. The van der Waals surface area contributed by atoms with Crippen molar-refractivity contribution < 1.29 is 17.6 Å². The molecule has 0 aliphatic rings. The van der Waals surface area contributed by atoms with Gasteiger partial charge in [0, 0.05) is 5.56 Å². The van der Waals surface area contributed by atoms with Crippen LogP contribution in [-0.4, -0.2) is 0 Å². The highest BCUT2D eigenvalue weighted by molar-refractivity contribution is 9.10. The van der Waals surface area contributed by atoms with Crippen molar-refractivity contribution in [2.24, 2.45) is 5.84 Å². The Kier molecular flexibility index (Phi) is 3.98. The third kappa shape index (κ3) is 2.99. The molecule has 2 aromatic rings. The number of alkyl halides is 3. The molecule has 1 atom stereocenters. The van der Waals surface area contributed by atoms with Crippen molar-refractivity contribution in [3.63, 3.8) is 0 Å². The Morgan fingerprint density at radius 3 is 2.21 bits per heavy atom. The zero-order valence-corrected chi connectivity index (χ0v) is 11.1. The number of halogens is 4. The van der Waals surface area contributed by atoms with Gasteiger partial charge in [0.15, 0.2) is 4.67 Å². The van der Waals surface area contributed by atoms with Crippen LogP contribution in [0.1, 0.15) is 22.7 Å². The number of benzene rings is 1. The highest BCUT2D eigenvalue weighted by atomic mass is 79.9. The summed E-state index contributed by atoms with van der Waals surface area (Å²) >= 11 is 3.21. The number of rotatable bonds is 3. The van der Waals surface area contributed by atoms with Crippen molar-refractivity contribution in [3.8, 4) is 0 Å². The predicted molar refractivity (Wildman–Crippen MR) is 67.0 cm³/mol. The first kappa shape index (κ1) is 14.1. The molecule has 0 saturated carbocycles. The first-order valence-corrected chi connectivity index (χ1v) is 6.09. The standard InChI is InChI=1S/C12H10BrF3N2O/c13-11-9(5-6-19-11)10(18-17)7-1-3-8(4-2-7)12(14,15)16/h1-6,10,18H,17H2. The quantitative estimate of drug-likeness (QED) is 0.665. The Hall–Kier alpha value is -1.31. The molecule has 2 rings (SSSR count). The van der Waals surface area contributed by atoms with Crippen LogP contribution >= 0.6 is 15.9 Å². The number of hydrogen-bond donors (Lipinski definition) is 2. The summed E-state index contributed by atoms with van der Waals surface area (Å²) in [4.78, 5) is 0.